The average molecular weight is 390 g/mol. The second kappa shape index (κ2) is 7.20. The quantitative estimate of drug-likeness (QED) is 0.525. The number of carbonyl (C=O) groups excluding carboxylic acids is 1. The number of halogens is 1. The van der Waals surface area contributed by atoms with Crippen molar-refractivity contribution in [1.29, 1.82) is 0 Å². The van der Waals surface area contributed by atoms with Gasteiger partial charge in [0.2, 0.25) is 0 Å². The smallest absolute Gasteiger partial charge is 0.361 e. The van der Waals surface area contributed by atoms with Crippen LogP contribution in [0.25, 0.3) is 0 Å². The van der Waals surface area contributed by atoms with Gasteiger partial charge in [0.1, 0.15) is 5.76 Å². The lowest BCUT2D eigenvalue weighted by atomic mass is 10.1. The number of nitrogens with zero attached hydrogens (tertiary/aromatic N) is 4. The first kappa shape index (κ1) is 18.6. The summed E-state index contributed by atoms with van der Waals surface area (Å²) in [6.07, 6.45) is 0. The number of benzene rings is 1. The van der Waals surface area contributed by atoms with Crippen LogP contribution in [0.3, 0.4) is 0 Å². The predicted octanol–water partition coefficient (Wildman–Crippen LogP) is 3.66. The predicted molar refractivity (Wildman–Crippen MR) is 98.1 cm³/mol. The van der Waals surface area contributed by atoms with Crippen molar-refractivity contribution in [3.05, 3.63) is 67.7 Å². The number of carbonyl (C=O) groups is 1. The normalized spacial score (nSPS) is 10.8. The van der Waals surface area contributed by atoms with Gasteiger partial charge in [-0.15, -0.1) is 0 Å². The van der Waals surface area contributed by atoms with Gasteiger partial charge in [0.05, 0.1) is 29.0 Å². The molecule has 0 aliphatic heterocycles. The van der Waals surface area contributed by atoms with Gasteiger partial charge in [0.25, 0.3) is 5.91 Å². The Balaban J connectivity index is 1.89. The van der Waals surface area contributed by atoms with Gasteiger partial charge in [-0.2, -0.15) is 4.68 Å². The Kier molecular flexibility index (Phi) is 4.95. The number of hydrogen-bond donors (Lipinski definition) is 1. The van der Waals surface area contributed by atoms with E-state index < -0.39 is 10.8 Å². The first-order valence-corrected chi connectivity index (χ1v) is 8.36. The second-order valence-corrected chi connectivity index (χ2v) is 6.40. The van der Waals surface area contributed by atoms with Gasteiger partial charge in [-0.3, -0.25) is 4.79 Å². The second-order valence-electron chi connectivity index (χ2n) is 5.99. The van der Waals surface area contributed by atoms with E-state index in [2.05, 4.69) is 15.6 Å². The van der Waals surface area contributed by atoms with Gasteiger partial charge in [0.15, 0.2) is 5.69 Å². The average Bonchev–Trinajstić information content (AvgIpc) is 3.16. The number of anilines is 1. The van der Waals surface area contributed by atoms with Gasteiger partial charge in [-0.1, -0.05) is 22.8 Å². The largest absolute Gasteiger partial charge is 0.390 e. The number of aryl methyl sites for hydroxylation is 2. The molecular weight excluding hydrogens is 374 g/mol. The Morgan fingerprint density at radius 3 is 2.78 bits per heavy atom. The molecule has 3 aromatic rings. The van der Waals surface area contributed by atoms with E-state index in [0.29, 0.717) is 27.7 Å². The molecule has 0 radical (unpaired) electrons. The van der Waals surface area contributed by atoms with Crippen LogP contribution >= 0.6 is 11.6 Å². The first-order chi connectivity index (χ1) is 12.8. The first-order valence-electron chi connectivity index (χ1n) is 7.98. The minimum Gasteiger partial charge on any atom is -0.361 e. The van der Waals surface area contributed by atoms with Crippen LogP contribution in [0.5, 0.6) is 0 Å². The van der Waals surface area contributed by atoms with Crippen LogP contribution in [0, 0.1) is 30.9 Å². The molecule has 0 aliphatic rings. The summed E-state index contributed by atoms with van der Waals surface area (Å²) in [6, 6.07) is 6.54. The topological polar surface area (TPSA) is 116 Å². The monoisotopic (exact) mass is 389 g/mol. The maximum absolute atomic E-state index is 12.7. The Bertz CT molecular complexity index is 1040. The summed E-state index contributed by atoms with van der Waals surface area (Å²) < 4.78 is 6.59. The van der Waals surface area contributed by atoms with Crippen molar-refractivity contribution in [2.75, 3.05) is 5.32 Å². The van der Waals surface area contributed by atoms with Crippen molar-refractivity contribution in [2.45, 2.75) is 27.3 Å². The van der Waals surface area contributed by atoms with Gasteiger partial charge in [-0.25, -0.2) is 0 Å². The summed E-state index contributed by atoms with van der Waals surface area (Å²) in [5.41, 5.74) is 2.45. The molecule has 0 atom stereocenters. The number of aromatic nitrogens is 3. The summed E-state index contributed by atoms with van der Waals surface area (Å²) in [7, 11) is 0. The molecule has 0 spiro atoms. The zero-order valence-corrected chi connectivity index (χ0v) is 15.6. The third kappa shape index (κ3) is 3.68. The molecule has 10 heteroatoms. The van der Waals surface area contributed by atoms with Gasteiger partial charge < -0.3 is 20.0 Å². The van der Waals surface area contributed by atoms with Crippen LogP contribution in [0.15, 0.2) is 28.8 Å². The van der Waals surface area contributed by atoms with Gasteiger partial charge in [0, 0.05) is 10.7 Å². The molecule has 140 valence electrons. The molecule has 2 heterocycles. The Hall–Kier alpha value is -3.20. The van der Waals surface area contributed by atoms with Crippen LogP contribution in [0.4, 0.5) is 11.5 Å². The standard InChI is InChI=1S/C17H16ClN5O4/c1-9-7-15(23(25)26)20-22(9)8-12-11(3)27-21-16(12)17(24)19-14-6-4-5-13(18)10(14)2/h4-7H,8H2,1-3H3,(H,19,24). The van der Waals surface area contributed by atoms with Crippen molar-refractivity contribution in [2.24, 2.45) is 0 Å². The van der Waals surface area contributed by atoms with E-state index in [0.717, 1.165) is 5.56 Å². The lowest BCUT2D eigenvalue weighted by Crippen LogP contribution is -2.17. The number of rotatable bonds is 5. The van der Waals surface area contributed by atoms with Crippen LogP contribution < -0.4 is 5.32 Å². The number of nitro groups is 1. The van der Waals surface area contributed by atoms with Crippen molar-refractivity contribution in [1.82, 2.24) is 14.9 Å². The van der Waals surface area contributed by atoms with Crippen molar-refractivity contribution in [3.63, 3.8) is 0 Å². The summed E-state index contributed by atoms with van der Waals surface area (Å²) in [5, 5.41) is 22.0. The minimum absolute atomic E-state index is 0.0874. The summed E-state index contributed by atoms with van der Waals surface area (Å²) in [4.78, 5) is 23.0. The fraction of sp³-hybridized carbons (Fsp3) is 0.235. The molecule has 0 aliphatic carbocycles. The van der Waals surface area contributed by atoms with Crippen LogP contribution in [0.2, 0.25) is 5.02 Å². The Morgan fingerprint density at radius 2 is 2.11 bits per heavy atom. The summed E-state index contributed by atoms with van der Waals surface area (Å²) >= 11 is 6.08. The third-order valence-corrected chi connectivity index (χ3v) is 4.59. The van der Waals surface area contributed by atoms with Crippen molar-refractivity contribution >= 4 is 29.0 Å². The third-order valence-electron chi connectivity index (χ3n) is 4.18. The maximum Gasteiger partial charge on any atom is 0.390 e. The van der Waals surface area contributed by atoms with Gasteiger partial charge >= 0.3 is 5.82 Å². The van der Waals surface area contributed by atoms with Crippen molar-refractivity contribution < 1.29 is 14.2 Å². The number of amides is 1. The number of nitrogens with one attached hydrogen (secondary N) is 1. The molecule has 27 heavy (non-hydrogen) atoms. The molecule has 0 unspecified atom stereocenters. The molecule has 0 saturated heterocycles. The van der Waals surface area contributed by atoms with Crippen molar-refractivity contribution in [3.8, 4) is 0 Å². The fourth-order valence-corrected chi connectivity index (χ4v) is 2.75. The lowest BCUT2D eigenvalue weighted by molar-refractivity contribution is -0.389. The zero-order chi connectivity index (χ0) is 19.7. The highest BCUT2D eigenvalue weighted by molar-refractivity contribution is 6.31. The van der Waals surface area contributed by atoms with Crippen LogP contribution in [-0.2, 0) is 6.54 Å². The maximum atomic E-state index is 12.7. The molecule has 1 N–H and O–H groups in total. The summed E-state index contributed by atoms with van der Waals surface area (Å²) in [5.74, 6) is -0.297. The Labute approximate surface area is 159 Å². The lowest BCUT2D eigenvalue weighted by Gasteiger charge is -2.09. The molecule has 1 aromatic carbocycles. The van der Waals surface area contributed by atoms with E-state index in [1.807, 2.05) is 0 Å². The van der Waals surface area contributed by atoms with Crippen LogP contribution in [0.1, 0.15) is 33.1 Å². The highest BCUT2D eigenvalue weighted by atomic mass is 35.5. The summed E-state index contributed by atoms with van der Waals surface area (Å²) in [6.45, 7) is 5.26. The molecule has 9 nitrogen and oxygen atoms in total. The van der Waals surface area contributed by atoms with E-state index in [1.54, 1.807) is 39.0 Å². The number of hydrogen-bond acceptors (Lipinski definition) is 6. The SMILES string of the molecule is Cc1onc(C(=O)Nc2cccc(Cl)c2C)c1Cn1nc([N+](=O)[O-])cc1C. The molecule has 2 aromatic heterocycles. The van der Waals surface area contributed by atoms with Crippen LogP contribution in [-0.4, -0.2) is 25.8 Å². The van der Waals surface area contributed by atoms with E-state index >= 15 is 0 Å². The molecule has 3 rings (SSSR count). The molecule has 0 saturated carbocycles. The Morgan fingerprint density at radius 1 is 1.37 bits per heavy atom. The highest BCUT2D eigenvalue weighted by Crippen LogP contribution is 2.24. The minimum atomic E-state index is -0.570. The molecule has 1 amide bonds. The molecular formula is C17H16ClN5O4. The van der Waals surface area contributed by atoms with Gasteiger partial charge in [-0.05, 0) is 43.4 Å². The zero-order valence-electron chi connectivity index (χ0n) is 14.8. The molecule has 0 fully saturated rings. The fourth-order valence-electron chi connectivity index (χ4n) is 2.57. The van der Waals surface area contributed by atoms with E-state index in [9.17, 15) is 14.9 Å². The molecule has 0 bridgehead atoms. The van der Waals surface area contributed by atoms with E-state index in [1.165, 1.54) is 10.7 Å². The van der Waals surface area contributed by atoms with E-state index in [4.69, 9.17) is 16.1 Å². The van der Waals surface area contributed by atoms with E-state index in [-0.39, 0.29) is 18.1 Å². The highest BCUT2D eigenvalue weighted by Gasteiger charge is 2.24.